The lowest BCUT2D eigenvalue weighted by molar-refractivity contribution is -0.145. The number of carbonyl (C=O) groups is 2. The van der Waals surface area contributed by atoms with E-state index in [1.54, 1.807) is 4.90 Å². The number of carbonyl (C=O) groups excluding carboxylic acids is 2. The van der Waals surface area contributed by atoms with Crippen molar-refractivity contribution >= 4 is 11.9 Å². The van der Waals surface area contributed by atoms with Gasteiger partial charge >= 0.3 is 5.97 Å². The number of likely N-dealkylation sites (tertiary alicyclic amines) is 1. The van der Waals surface area contributed by atoms with Gasteiger partial charge in [-0.05, 0) is 19.5 Å². The Balaban J connectivity index is 2.05. The van der Waals surface area contributed by atoms with Gasteiger partial charge in [0.2, 0.25) is 5.91 Å². The molecule has 0 radical (unpaired) electrons. The molecule has 0 bridgehead atoms. The standard InChI is InChI=1S/C13H26N4O3/c1-20-13(19)11-9-12(18)17(10-11)8-7-16-5-2-4-15-6-3-14/h11,15-16H,2-10,14H2,1H3. The van der Waals surface area contributed by atoms with Crippen molar-refractivity contribution in [1.82, 2.24) is 15.5 Å². The predicted molar refractivity (Wildman–Crippen MR) is 76.1 cm³/mol. The summed E-state index contributed by atoms with van der Waals surface area (Å²) in [6, 6.07) is 0. The Hall–Kier alpha value is -1.18. The highest BCUT2D eigenvalue weighted by molar-refractivity contribution is 5.86. The Bertz CT molecular complexity index is 312. The zero-order valence-corrected chi connectivity index (χ0v) is 12.2. The van der Waals surface area contributed by atoms with Crippen molar-refractivity contribution in [3.63, 3.8) is 0 Å². The Kier molecular flexibility index (Phi) is 8.17. The van der Waals surface area contributed by atoms with Crippen molar-refractivity contribution in [1.29, 1.82) is 0 Å². The number of hydrogen-bond acceptors (Lipinski definition) is 6. The molecule has 1 unspecified atom stereocenters. The van der Waals surface area contributed by atoms with Crippen molar-refractivity contribution in [2.45, 2.75) is 12.8 Å². The number of esters is 1. The van der Waals surface area contributed by atoms with E-state index in [1.807, 2.05) is 0 Å². The molecule has 0 aromatic heterocycles. The molecule has 4 N–H and O–H groups in total. The summed E-state index contributed by atoms with van der Waals surface area (Å²) < 4.78 is 4.67. The monoisotopic (exact) mass is 286 g/mol. The number of amides is 1. The third-order valence-corrected chi connectivity index (χ3v) is 3.34. The van der Waals surface area contributed by atoms with E-state index < -0.39 is 0 Å². The minimum Gasteiger partial charge on any atom is -0.469 e. The van der Waals surface area contributed by atoms with Gasteiger partial charge in [-0.3, -0.25) is 9.59 Å². The average Bonchev–Trinajstić information content (AvgIpc) is 2.82. The van der Waals surface area contributed by atoms with Crippen molar-refractivity contribution in [3.05, 3.63) is 0 Å². The van der Waals surface area contributed by atoms with Gasteiger partial charge in [0.1, 0.15) is 0 Å². The number of ether oxygens (including phenoxy) is 1. The summed E-state index contributed by atoms with van der Waals surface area (Å²) in [4.78, 5) is 24.8. The van der Waals surface area contributed by atoms with Crippen molar-refractivity contribution in [2.24, 2.45) is 11.7 Å². The molecule has 1 fully saturated rings. The zero-order chi connectivity index (χ0) is 14.8. The second-order valence-electron chi connectivity index (χ2n) is 4.91. The Morgan fingerprint density at radius 2 is 2.05 bits per heavy atom. The molecule has 1 saturated heterocycles. The third kappa shape index (κ3) is 5.85. The largest absolute Gasteiger partial charge is 0.469 e. The summed E-state index contributed by atoms with van der Waals surface area (Å²) in [7, 11) is 1.36. The molecule has 1 aliphatic rings. The van der Waals surface area contributed by atoms with Crippen molar-refractivity contribution < 1.29 is 14.3 Å². The lowest BCUT2D eigenvalue weighted by Gasteiger charge is -2.16. The van der Waals surface area contributed by atoms with E-state index in [0.29, 0.717) is 19.6 Å². The molecule has 0 spiro atoms. The van der Waals surface area contributed by atoms with Crippen LogP contribution >= 0.6 is 0 Å². The first-order valence-corrected chi connectivity index (χ1v) is 7.16. The van der Waals surface area contributed by atoms with E-state index in [9.17, 15) is 9.59 Å². The van der Waals surface area contributed by atoms with Gasteiger partial charge in [0.25, 0.3) is 0 Å². The molecule has 116 valence electrons. The van der Waals surface area contributed by atoms with Gasteiger partial charge in [0, 0.05) is 39.1 Å². The Labute approximate surface area is 120 Å². The summed E-state index contributed by atoms with van der Waals surface area (Å²) in [5.74, 6) is -0.556. The third-order valence-electron chi connectivity index (χ3n) is 3.34. The number of rotatable bonds is 10. The molecule has 0 saturated carbocycles. The number of methoxy groups -OCH3 is 1. The van der Waals surface area contributed by atoms with Crippen LogP contribution in [0.3, 0.4) is 0 Å². The summed E-state index contributed by atoms with van der Waals surface area (Å²) in [5.41, 5.74) is 5.37. The van der Waals surface area contributed by atoms with E-state index >= 15 is 0 Å². The predicted octanol–water partition coefficient (Wildman–Crippen LogP) is -1.46. The minimum atomic E-state index is -0.298. The molecular formula is C13H26N4O3. The molecule has 1 rings (SSSR count). The van der Waals surface area contributed by atoms with Crippen molar-refractivity contribution in [2.75, 3.05) is 52.9 Å². The molecule has 0 aliphatic carbocycles. The maximum Gasteiger partial charge on any atom is 0.310 e. The van der Waals surface area contributed by atoms with Crippen LogP contribution in [-0.2, 0) is 14.3 Å². The second kappa shape index (κ2) is 9.68. The first-order valence-electron chi connectivity index (χ1n) is 7.16. The van der Waals surface area contributed by atoms with Crippen LogP contribution in [0.4, 0.5) is 0 Å². The van der Waals surface area contributed by atoms with E-state index in [0.717, 1.165) is 32.6 Å². The van der Waals surface area contributed by atoms with Crippen LogP contribution in [0.15, 0.2) is 0 Å². The van der Waals surface area contributed by atoms with E-state index in [4.69, 9.17) is 5.73 Å². The zero-order valence-electron chi connectivity index (χ0n) is 12.2. The average molecular weight is 286 g/mol. The summed E-state index contributed by atoms with van der Waals surface area (Å²) in [6.45, 7) is 5.21. The Morgan fingerprint density at radius 1 is 1.35 bits per heavy atom. The molecule has 1 aliphatic heterocycles. The molecule has 0 aromatic carbocycles. The van der Waals surface area contributed by atoms with Crippen molar-refractivity contribution in [3.8, 4) is 0 Å². The smallest absolute Gasteiger partial charge is 0.310 e. The second-order valence-corrected chi connectivity index (χ2v) is 4.91. The van der Waals surface area contributed by atoms with Crippen LogP contribution in [0, 0.1) is 5.92 Å². The van der Waals surface area contributed by atoms with Crippen LogP contribution in [0.5, 0.6) is 0 Å². The van der Waals surface area contributed by atoms with Gasteiger partial charge in [-0.25, -0.2) is 0 Å². The highest BCUT2D eigenvalue weighted by Crippen LogP contribution is 2.18. The van der Waals surface area contributed by atoms with Crippen LogP contribution in [0.1, 0.15) is 12.8 Å². The fourth-order valence-electron chi connectivity index (χ4n) is 2.22. The topological polar surface area (TPSA) is 96.7 Å². The maximum absolute atomic E-state index is 11.7. The minimum absolute atomic E-state index is 0.0341. The number of nitrogens with zero attached hydrogens (tertiary/aromatic N) is 1. The Morgan fingerprint density at radius 3 is 2.70 bits per heavy atom. The molecule has 7 nitrogen and oxygen atoms in total. The highest BCUT2D eigenvalue weighted by Gasteiger charge is 2.34. The van der Waals surface area contributed by atoms with Crippen LogP contribution in [-0.4, -0.2) is 69.7 Å². The van der Waals surface area contributed by atoms with Crippen LogP contribution in [0.2, 0.25) is 0 Å². The number of hydrogen-bond donors (Lipinski definition) is 3. The van der Waals surface area contributed by atoms with Gasteiger partial charge in [-0.1, -0.05) is 0 Å². The van der Waals surface area contributed by atoms with Crippen LogP contribution < -0.4 is 16.4 Å². The first-order chi connectivity index (χ1) is 9.69. The fraction of sp³-hybridized carbons (Fsp3) is 0.846. The molecule has 1 atom stereocenters. The fourth-order valence-corrected chi connectivity index (χ4v) is 2.22. The molecule has 7 heteroatoms. The molecule has 1 amide bonds. The molecule has 0 aromatic rings. The van der Waals surface area contributed by atoms with Crippen LogP contribution in [0.25, 0.3) is 0 Å². The molecule has 20 heavy (non-hydrogen) atoms. The molecular weight excluding hydrogens is 260 g/mol. The summed E-state index contributed by atoms with van der Waals surface area (Å²) >= 11 is 0. The number of nitrogens with two attached hydrogens (primary N) is 1. The normalized spacial score (nSPS) is 18.6. The lowest BCUT2D eigenvalue weighted by Crippen LogP contribution is -2.34. The lowest BCUT2D eigenvalue weighted by atomic mass is 10.1. The van der Waals surface area contributed by atoms with E-state index in [2.05, 4.69) is 15.4 Å². The summed E-state index contributed by atoms with van der Waals surface area (Å²) in [5, 5.41) is 6.50. The van der Waals surface area contributed by atoms with Gasteiger partial charge in [-0.2, -0.15) is 0 Å². The van der Waals surface area contributed by atoms with Gasteiger partial charge in [-0.15, -0.1) is 0 Å². The molecule has 1 heterocycles. The van der Waals surface area contributed by atoms with Gasteiger partial charge in [0.05, 0.1) is 13.0 Å². The first kappa shape index (κ1) is 16.9. The number of nitrogens with one attached hydrogen (secondary N) is 2. The maximum atomic E-state index is 11.7. The van der Waals surface area contributed by atoms with E-state index in [-0.39, 0.29) is 24.2 Å². The SMILES string of the molecule is COC(=O)C1CC(=O)N(CCNCCCNCCN)C1. The van der Waals surface area contributed by atoms with Gasteiger partial charge < -0.3 is 26.0 Å². The van der Waals surface area contributed by atoms with Gasteiger partial charge in [0.15, 0.2) is 0 Å². The highest BCUT2D eigenvalue weighted by atomic mass is 16.5. The summed E-state index contributed by atoms with van der Waals surface area (Å²) in [6.07, 6.45) is 1.30. The van der Waals surface area contributed by atoms with E-state index in [1.165, 1.54) is 7.11 Å². The quantitative estimate of drug-likeness (QED) is 0.335.